The van der Waals surface area contributed by atoms with E-state index in [4.69, 9.17) is 14.2 Å². The van der Waals surface area contributed by atoms with Gasteiger partial charge in [-0.05, 0) is 36.5 Å². The van der Waals surface area contributed by atoms with E-state index in [2.05, 4.69) is 34.1 Å². The molecule has 1 N–H and O–H groups in total. The second-order valence-electron chi connectivity index (χ2n) is 6.42. The van der Waals surface area contributed by atoms with Crippen molar-refractivity contribution in [2.24, 2.45) is 5.92 Å². The quantitative estimate of drug-likeness (QED) is 0.651. The number of hydrogen-bond acceptors (Lipinski definition) is 7. The lowest BCUT2D eigenvalue weighted by atomic mass is 10.1. The Morgan fingerprint density at radius 1 is 0.923 bits per heavy atom. The van der Waals surface area contributed by atoms with Gasteiger partial charge in [0, 0.05) is 19.0 Å². The van der Waals surface area contributed by atoms with Crippen LogP contribution in [0.1, 0.15) is 38.1 Å². The normalized spacial score (nSPS) is 10.7. The number of nitrogens with one attached hydrogen (secondary N) is 1. The van der Waals surface area contributed by atoms with Gasteiger partial charge in [-0.15, -0.1) is 0 Å². The van der Waals surface area contributed by atoms with Gasteiger partial charge in [0.15, 0.2) is 0 Å². The van der Waals surface area contributed by atoms with E-state index in [1.165, 1.54) is 0 Å². The lowest BCUT2D eigenvalue weighted by molar-refractivity contribution is 0.376. The predicted molar refractivity (Wildman–Crippen MR) is 101 cm³/mol. The molecular formula is C19H28N4O3. The second kappa shape index (κ2) is 9.79. The van der Waals surface area contributed by atoms with Crippen molar-refractivity contribution in [2.75, 3.05) is 33.2 Å². The first kappa shape index (κ1) is 19.8. The molecule has 7 heteroatoms. The van der Waals surface area contributed by atoms with Crippen LogP contribution < -0.4 is 19.5 Å². The van der Waals surface area contributed by atoms with Crippen LogP contribution in [-0.4, -0.2) is 42.8 Å². The van der Waals surface area contributed by atoms with Crippen LogP contribution in [0.25, 0.3) is 0 Å². The molecule has 2 aromatic rings. The number of hydrogen-bond donors (Lipinski definition) is 1. The van der Waals surface area contributed by atoms with Crippen molar-refractivity contribution in [3.8, 4) is 17.5 Å². The van der Waals surface area contributed by atoms with E-state index in [0.29, 0.717) is 30.1 Å². The number of benzene rings is 1. The van der Waals surface area contributed by atoms with Gasteiger partial charge in [0.1, 0.15) is 17.3 Å². The number of nitrogens with zero attached hydrogens (tertiary/aromatic N) is 3. The van der Waals surface area contributed by atoms with Gasteiger partial charge in [0.2, 0.25) is 5.95 Å². The van der Waals surface area contributed by atoms with Crippen molar-refractivity contribution in [3.05, 3.63) is 29.6 Å². The summed E-state index contributed by atoms with van der Waals surface area (Å²) < 4.78 is 15.9. The molecule has 0 radical (unpaired) electrons. The molecule has 0 atom stereocenters. The first-order valence-electron chi connectivity index (χ1n) is 8.78. The van der Waals surface area contributed by atoms with Crippen LogP contribution in [0, 0.1) is 5.92 Å². The Balaban J connectivity index is 2.14. The summed E-state index contributed by atoms with van der Waals surface area (Å²) in [4.78, 5) is 13.1. The summed E-state index contributed by atoms with van der Waals surface area (Å²) in [6.45, 7) is 5.25. The van der Waals surface area contributed by atoms with E-state index >= 15 is 0 Å². The molecule has 0 spiro atoms. The van der Waals surface area contributed by atoms with Crippen LogP contribution in [0.4, 0.5) is 5.95 Å². The summed E-state index contributed by atoms with van der Waals surface area (Å²) in [5.41, 5.74) is 0.986. The zero-order valence-electron chi connectivity index (χ0n) is 16.2. The average Bonchev–Trinajstić information content (AvgIpc) is 2.64. The molecule has 0 amide bonds. The van der Waals surface area contributed by atoms with E-state index in [-0.39, 0.29) is 0 Å². The molecule has 2 rings (SSSR count). The highest BCUT2D eigenvalue weighted by atomic mass is 16.5. The van der Waals surface area contributed by atoms with E-state index in [1.807, 2.05) is 18.2 Å². The maximum atomic E-state index is 5.32. The van der Waals surface area contributed by atoms with Crippen molar-refractivity contribution in [1.29, 1.82) is 0 Å². The standard InChI is InChI=1S/C19H28N4O3/c1-13(2)7-6-8-20-18-21-17(22-19(23-18)26-5)11-14-9-15(24-3)12-16(10-14)25-4/h9-10,12-13H,6-8,11H2,1-5H3,(H,20,21,22,23). The minimum Gasteiger partial charge on any atom is -0.497 e. The van der Waals surface area contributed by atoms with Crippen LogP contribution in [0.5, 0.6) is 17.5 Å². The number of aromatic nitrogens is 3. The maximum Gasteiger partial charge on any atom is 0.321 e. The highest BCUT2D eigenvalue weighted by molar-refractivity contribution is 5.40. The molecule has 1 heterocycles. The van der Waals surface area contributed by atoms with Crippen LogP contribution in [0.3, 0.4) is 0 Å². The minimum absolute atomic E-state index is 0.302. The van der Waals surface area contributed by atoms with Crippen LogP contribution in [-0.2, 0) is 6.42 Å². The maximum absolute atomic E-state index is 5.32. The SMILES string of the molecule is COc1cc(Cc2nc(NCCCC(C)C)nc(OC)n2)cc(OC)c1. The average molecular weight is 360 g/mol. The van der Waals surface area contributed by atoms with Crippen molar-refractivity contribution >= 4 is 5.95 Å². The molecule has 0 fully saturated rings. The Hall–Kier alpha value is -2.57. The van der Waals surface area contributed by atoms with Crippen molar-refractivity contribution in [3.63, 3.8) is 0 Å². The van der Waals surface area contributed by atoms with Gasteiger partial charge in [-0.25, -0.2) is 0 Å². The van der Waals surface area contributed by atoms with E-state index in [9.17, 15) is 0 Å². The minimum atomic E-state index is 0.302. The lowest BCUT2D eigenvalue weighted by Crippen LogP contribution is -2.10. The molecule has 0 aliphatic heterocycles. The van der Waals surface area contributed by atoms with Gasteiger partial charge in [-0.3, -0.25) is 0 Å². The lowest BCUT2D eigenvalue weighted by Gasteiger charge is -2.10. The molecule has 0 saturated heterocycles. The number of anilines is 1. The van der Waals surface area contributed by atoms with Gasteiger partial charge in [-0.2, -0.15) is 15.0 Å². The Bertz CT molecular complexity index is 685. The van der Waals surface area contributed by atoms with Gasteiger partial charge < -0.3 is 19.5 Å². The number of methoxy groups -OCH3 is 3. The molecule has 0 bridgehead atoms. The van der Waals surface area contributed by atoms with Gasteiger partial charge in [-0.1, -0.05) is 13.8 Å². The fraction of sp³-hybridized carbons (Fsp3) is 0.526. The summed E-state index contributed by atoms with van der Waals surface area (Å²) in [5.74, 6) is 3.30. The first-order valence-corrected chi connectivity index (χ1v) is 8.78. The van der Waals surface area contributed by atoms with E-state index in [1.54, 1.807) is 21.3 Å². The molecular weight excluding hydrogens is 332 g/mol. The highest BCUT2D eigenvalue weighted by Crippen LogP contribution is 2.24. The largest absolute Gasteiger partial charge is 0.497 e. The van der Waals surface area contributed by atoms with Crippen molar-refractivity contribution < 1.29 is 14.2 Å². The molecule has 0 unspecified atom stereocenters. The van der Waals surface area contributed by atoms with Crippen molar-refractivity contribution in [1.82, 2.24) is 15.0 Å². The Kier molecular flexibility index (Phi) is 7.44. The smallest absolute Gasteiger partial charge is 0.321 e. The van der Waals surface area contributed by atoms with E-state index < -0.39 is 0 Å². The van der Waals surface area contributed by atoms with Crippen LogP contribution in [0.15, 0.2) is 18.2 Å². The summed E-state index contributed by atoms with van der Waals surface area (Å²) in [6.07, 6.45) is 2.74. The van der Waals surface area contributed by atoms with Crippen LogP contribution >= 0.6 is 0 Å². The summed E-state index contributed by atoms with van der Waals surface area (Å²) in [5, 5.41) is 3.25. The molecule has 1 aromatic heterocycles. The topological polar surface area (TPSA) is 78.4 Å². The third-order valence-electron chi connectivity index (χ3n) is 3.86. The molecule has 0 aliphatic carbocycles. The summed E-state index contributed by atoms with van der Waals surface area (Å²) >= 11 is 0. The third kappa shape index (κ3) is 6.06. The summed E-state index contributed by atoms with van der Waals surface area (Å²) in [7, 11) is 4.81. The highest BCUT2D eigenvalue weighted by Gasteiger charge is 2.10. The molecule has 7 nitrogen and oxygen atoms in total. The first-order chi connectivity index (χ1) is 12.5. The summed E-state index contributed by atoms with van der Waals surface area (Å²) in [6, 6.07) is 6.01. The zero-order chi connectivity index (χ0) is 18.9. The molecule has 26 heavy (non-hydrogen) atoms. The second-order valence-corrected chi connectivity index (χ2v) is 6.42. The van der Waals surface area contributed by atoms with Gasteiger partial charge in [0.05, 0.1) is 21.3 Å². The fourth-order valence-corrected chi connectivity index (χ4v) is 2.51. The van der Waals surface area contributed by atoms with Crippen molar-refractivity contribution in [2.45, 2.75) is 33.1 Å². The predicted octanol–water partition coefficient (Wildman–Crippen LogP) is 3.34. The molecule has 0 aliphatic rings. The Labute approximate surface area is 155 Å². The van der Waals surface area contributed by atoms with Gasteiger partial charge in [0.25, 0.3) is 0 Å². The number of rotatable bonds is 10. The van der Waals surface area contributed by atoms with Crippen LogP contribution in [0.2, 0.25) is 0 Å². The molecule has 142 valence electrons. The molecule has 1 aromatic carbocycles. The number of ether oxygens (including phenoxy) is 3. The zero-order valence-corrected chi connectivity index (χ0v) is 16.2. The fourth-order valence-electron chi connectivity index (χ4n) is 2.51. The monoisotopic (exact) mass is 360 g/mol. The van der Waals surface area contributed by atoms with E-state index in [0.717, 1.165) is 36.4 Å². The molecule has 0 saturated carbocycles. The Morgan fingerprint density at radius 2 is 1.62 bits per heavy atom. The third-order valence-corrected chi connectivity index (χ3v) is 3.86. The van der Waals surface area contributed by atoms with Gasteiger partial charge >= 0.3 is 6.01 Å². The Morgan fingerprint density at radius 3 is 2.19 bits per heavy atom.